The maximum Gasteiger partial charge on any atom is 0.265 e. The Kier molecular flexibility index (Phi) is 5.02. The molecule has 0 aliphatic carbocycles. The van der Waals surface area contributed by atoms with Crippen molar-refractivity contribution in [2.45, 2.75) is 37.2 Å². The highest BCUT2D eigenvalue weighted by molar-refractivity contribution is 7.92. The first-order chi connectivity index (χ1) is 13.5. The Morgan fingerprint density at radius 2 is 1.68 bits per heavy atom. The van der Waals surface area contributed by atoms with E-state index in [0.717, 1.165) is 24.8 Å². The Balaban J connectivity index is 1.69. The van der Waals surface area contributed by atoms with Gasteiger partial charge >= 0.3 is 0 Å². The lowest BCUT2D eigenvalue weighted by molar-refractivity contribution is -0.139. The summed E-state index contributed by atoms with van der Waals surface area (Å²) in [7, 11) is -3.81. The standard InChI is InChI=1S/C21H24N2O4S/c1-16-9-11-17(12-10-16)28(25,26)23-15-20(21(24)22-13-5-2-6-14-22)27-19-8-4-3-7-18(19)23/h3-4,7-12,20H,2,5-6,13-15H2,1H3/t20-/m0/s1. The maximum atomic E-state index is 13.4. The number of carbonyl (C=O) groups is 1. The molecule has 1 amide bonds. The van der Waals surface area contributed by atoms with Crippen LogP contribution < -0.4 is 9.04 Å². The van der Waals surface area contributed by atoms with E-state index in [1.807, 2.05) is 6.92 Å². The Morgan fingerprint density at radius 3 is 2.39 bits per heavy atom. The molecule has 2 heterocycles. The molecule has 2 aromatic carbocycles. The molecule has 28 heavy (non-hydrogen) atoms. The molecule has 0 N–H and O–H groups in total. The molecule has 148 valence electrons. The van der Waals surface area contributed by atoms with Crippen LogP contribution in [-0.4, -0.2) is 45.0 Å². The number of nitrogens with zero attached hydrogens (tertiary/aromatic N) is 2. The molecule has 1 fully saturated rings. The fraction of sp³-hybridized carbons (Fsp3) is 0.381. The van der Waals surface area contributed by atoms with E-state index < -0.39 is 16.1 Å². The number of hydrogen-bond acceptors (Lipinski definition) is 4. The van der Waals surface area contributed by atoms with Gasteiger partial charge in [0.05, 0.1) is 17.1 Å². The summed E-state index contributed by atoms with van der Waals surface area (Å²) in [6, 6.07) is 13.7. The van der Waals surface area contributed by atoms with E-state index in [2.05, 4.69) is 0 Å². The van der Waals surface area contributed by atoms with Gasteiger partial charge in [-0.2, -0.15) is 0 Å². The van der Waals surface area contributed by atoms with Gasteiger partial charge in [0.15, 0.2) is 6.10 Å². The minimum absolute atomic E-state index is 0.0252. The Hall–Kier alpha value is -2.54. The van der Waals surface area contributed by atoms with Gasteiger partial charge in [0, 0.05) is 13.1 Å². The molecule has 0 saturated carbocycles. The van der Waals surface area contributed by atoms with Crippen LogP contribution >= 0.6 is 0 Å². The Bertz CT molecular complexity index is 966. The summed E-state index contributed by atoms with van der Waals surface area (Å²) in [5.41, 5.74) is 1.45. The molecule has 1 saturated heterocycles. The minimum Gasteiger partial charge on any atom is -0.476 e. The van der Waals surface area contributed by atoms with Gasteiger partial charge in [0.25, 0.3) is 15.9 Å². The fourth-order valence-corrected chi connectivity index (χ4v) is 5.19. The quantitative estimate of drug-likeness (QED) is 0.795. The summed E-state index contributed by atoms with van der Waals surface area (Å²) in [5, 5.41) is 0. The van der Waals surface area contributed by atoms with Crippen molar-refractivity contribution in [2.75, 3.05) is 23.9 Å². The number of anilines is 1. The largest absolute Gasteiger partial charge is 0.476 e. The number of ether oxygens (including phenoxy) is 1. The van der Waals surface area contributed by atoms with Crippen molar-refractivity contribution in [3.05, 3.63) is 54.1 Å². The Morgan fingerprint density at radius 1 is 1.00 bits per heavy atom. The van der Waals surface area contributed by atoms with E-state index in [0.29, 0.717) is 24.5 Å². The van der Waals surface area contributed by atoms with Crippen molar-refractivity contribution in [2.24, 2.45) is 0 Å². The highest BCUT2D eigenvalue weighted by Gasteiger charge is 2.39. The molecule has 0 unspecified atom stereocenters. The van der Waals surface area contributed by atoms with Gasteiger partial charge < -0.3 is 9.64 Å². The summed E-state index contributed by atoms with van der Waals surface area (Å²) in [6.07, 6.45) is 2.22. The van der Waals surface area contributed by atoms with Crippen LogP contribution in [0.1, 0.15) is 24.8 Å². The molecule has 0 spiro atoms. The number of hydrogen-bond donors (Lipinski definition) is 0. The SMILES string of the molecule is Cc1ccc(S(=O)(=O)N2C[C@@H](C(=O)N3CCCCC3)Oc3ccccc32)cc1. The average molecular weight is 401 g/mol. The Labute approximate surface area is 165 Å². The molecule has 0 aromatic heterocycles. The molecule has 1 atom stereocenters. The van der Waals surface area contributed by atoms with Crippen LogP contribution in [0.2, 0.25) is 0 Å². The second-order valence-corrected chi connectivity index (χ2v) is 9.17. The first-order valence-corrected chi connectivity index (χ1v) is 11.0. The van der Waals surface area contributed by atoms with Crippen LogP contribution in [0.5, 0.6) is 5.75 Å². The van der Waals surface area contributed by atoms with E-state index in [1.165, 1.54) is 4.31 Å². The summed E-state index contributed by atoms with van der Waals surface area (Å²) >= 11 is 0. The van der Waals surface area contributed by atoms with Gasteiger partial charge in [-0.05, 0) is 50.5 Å². The van der Waals surface area contributed by atoms with Crippen molar-refractivity contribution >= 4 is 21.6 Å². The van der Waals surface area contributed by atoms with Gasteiger partial charge in [0.1, 0.15) is 5.75 Å². The molecule has 2 aromatic rings. The van der Waals surface area contributed by atoms with Crippen LogP contribution in [0.25, 0.3) is 0 Å². The zero-order valence-corrected chi connectivity index (χ0v) is 16.7. The number of rotatable bonds is 3. The maximum absolute atomic E-state index is 13.4. The smallest absolute Gasteiger partial charge is 0.265 e. The van der Waals surface area contributed by atoms with Crippen molar-refractivity contribution in [3.8, 4) is 5.75 Å². The monoisotopic (exact) mass is 400 g/mol. The average Bonchev–Trinajstić information content (AvgIpc) is 2.73. The predicted octanol–water partition coefficient (Wildman–Crippen LogP) is 2.96. The molecule has 2 aliphatic rings. The van der Waals surface area contributed by atoms with E-state index in [1.54, 1.807) is 53.4 Å². The number of likely N-dealkylation sites (tertiary alicyclic amines) is 1. The van der Waals surface area contributed by atoms with Crippen LogP contribution in [0.4, 0.5) is 5.69 Å². The first kappa shape index (κ1) is 18.8. The van der Waals surface area contributed by atoms with E-state index >= 15 is 0 Å². The minimum atomic E-state index is -3.81. The molecule has 7 heteroatoms. The summed E-state index contributed by atoms with van der Waals surface area (Å²) < 4.78 is 33.9. The van der Waals surface area contributed by atoms with E-state index in [-0.39, 0.29) is 17.3 Å². The molecule has 4 rings (SSSR count). The van der Waals surface area contributed by atoms with Gasteiger partial charge in [-0.3, -0.25) is 9.10 Å². The third kappa shape index (κ3) is 3.46. The second kappa shape index (κ2) is 7.47. The molecule has 2 aliphatic heterocycles. The molecule has 6 nitrogen and oxygen atoms in total. The number of carbonyl (C=O) groups excluding carboxylic acids is 1. The molecule has 0 radical (unpaired) electrons. The summed E-state index contributed by atoms with van der Waals surface area (Å²) in [4.78, 5) is 15.0. The van der Waals surface area contributed by atoms with Crippen LogP contribution in [-0.2, 0) is 14.8 Å². The highest BCUT2D eigenvalue weighted by Crippen LogP contribution is 2.37. The lowest BCUT2D eigenvalue weighted by atomic mass is 10.1. The third-order valence-corrected chi connectivity index (χ3v) is 7.08. The van der Waals surface area contributed by atoms with Gasteiger partial charge in [-0.15, -0.1) is 0 Å². The molecular formula is C21H24N2O4S. The van der Waals surface area contributed by atoms with E-state index in [4.69, 9.17) is 4.74 Å². The molecule has 0 bridgehead atoms. The number of benzene rings is 2. The number of sulfonamides is 1. The first-order valence-electron chi connectivity index (χ1n) is 9.61. The zero-order chi connectivity index (χ0) is 19.7. The third-order valence-electron chi connectivity index (χ3n) is 5.29. The van der Waals surface area contributed by atoms with Crippen LogP contribution in [0.3, 0.4) is 0 Å². The van der Waals surface area contributed by atoms with Crippen molar-refractivity contribution in [3.63, 3.8) is 0 Å². The lowest BCUT2D eigenvalue weighted by Crippen LogP contribution is -2.52. The topological polar surface area (TPSA) is 66.9 Å². The number of fused-ring (bicyclic) bond motifs is 1. The number of aryl methyl sites for hydroxylation is 1. The van der Waals surface area contributed by atoms with Gasteiger partial charge in [-0.25, -0.2) is 8.42 Å². The number of piperidine rings is 1. The summed E-state index contributed by atoms with van der Waals surface area (Å²) in [6.45, 7) is 3.28. The fourth-order valence-electron chi connectivity index (χ4n) is 3.71. The second-order valence-electron chi connectivity index (χ2n) is 7.31. The van der Waals surface area contributed by atoms with Gasteiger partial charge in [-0.1, -0.05) is 29.8 Å². The van der Waals surface area contributed by atoms with E-state index in [9.17, 15) is 13.2 Å². The molecular weight excluding hydrogens is 376 g/mol. The highest BCUT2D eigenvalue weighted by atomic mass is 32.2. The van der Waals surface area contributed by atoms with Crippen molar-refractivity contribution in [1.82, 2.24) is 4.90 Å². The summed E-state index contributed by atoms with van der Waals surface area (Å²) in [5.74, 6) is 0.276. The zero-order valence-electron chi connectivity index (χ0n) is 15.9. The van der Waals surface area contributed by atoms with Crippen LogP contribution in [0.15, 0.2) is 53.4 Å². The van der Waals surface area contributed by atoms with Crippen molar-refractivity contribution < 1.29 is 17.9 Å². The van der Waals surface area contributed by atoms with Crippen molar-refractivity contribution in [1.29, 1.82) is 0 Å². The van der Waals surface area contributed by atoms with Crippen LogP contribution in [0, 0.1) is 6.92 Å². The number of para-hydroxylation sites is 2. The normalized spacial score (nSPS) is 19.7. The predicted molar refractivity (Wildman–Crippen MR) is 107 cm³/mol. The lowest BCUT2D eigenvalue weighted by Gasteiger charge is -2.37. The number of amides is 1. The van der Waals surface area contributed by atoms with Gasteiger partial charge in [0.2, 0.25) is 0 Å².